The monoisotopic (exact) mass is 375 g/mol. The van der Waals surface area contributed by atoms with E-state index in [9.17, 15) is 4.39 Å². The summed E-state index contributed by atoms with van der Waals surface area (Å²) in [5.74, 6) is 1.62. The lowest BCUT2D eigenvalue weighted by atomic mass is 10.1. The van der Waals surface area contributed by atoms with Gasteiger partial charge < -0.3 is 10.1 Å². The van der Waals surface area contributed by atoms with Crippen LogP contribution in [0.15, 0.2) is 73.2 Å². The Kier molecular flexibility index (Phi) is 4.97. The molecule has 140 valence electrons. The molecule has 0 saturated carbocycles. The van der Waals surface area contributed by atoms with E-state index in [1.807, 2.05) is 37.3 Å². The Morgan fingerprint density at radius 3 is 2.64 bits per heavy atom. The lowest BCUT2D eigenvalue weighted by Gasteiger charge is -2.10. The van der Waals surface area contributed by atoms with Gasteiger partial charge in [0.05, 0.1) is 5.69 Å². The first-order valence-corrected chi connectivity index (χ1v) is 8.74. The zero-order chi connectivity index (χ0) is 19.3. The van der Waals surface area contributed by atoms with Crippen molar-refractivity contribution in [2.45, 2.75) is 13.7 Å². The van der Waals surface area contributed by atoms with Crippen LogP contribution < -0.4 is 10.1 Å². The molecule has 0 unspecified atom stereocenters. The molecule has 0 spiro atoms. The highest BCUT2D eigenvalue weighted by atomic mass is 19.1. The first kappa shape index (κ1) is 17.7. The zero-order valence-corrected chi connectivity index (χ0v) is 15.2. The molecule has 0 amide bonds. The molecular formula is C21H18FN5O. The van der Waals surface area contributed by atoms with E-state index in [2.05, 4.69) is 20.4 Å². The fourth-order valence-electron chi connectivity index (χ4n) is 2.77. The second kappa shape index (κ2) is 7.87. The quantitative estimate of drug-likeness (QED) is 0.535. The van der Waals surface area contributed by atoms with E-state index in [0.717, 1.165) is 22.6 Å². The normalized spacial score (nSPS) is 10.6. The Morgan fingerprint density at radius 1 is 1.07 bits per heavy atom. The van der Waals surface area contributed by atoms with Gasteiger partial charge in [-0.05, 0) is 42.8 Å². The van der Waals surface area contributed by atoms with Gasteiger partial charge in [0.25, 0.3) is 0 Å². The smallest absolute Gasteiger partial charge is 0.183 e. The Hall–Kier alpha value is -3.74. The molecule has 2 heterocycles. The van der Waals surface area contributed by atoms with Crippen molar-refractivity contribution in [3.05, 3.63) is 84.6 Å². The van der Waals surface area contributed by atoms with Crippen LogP contribution in [0.2, 0.25) is 0 Å². The van der Waals surface area contributed by atoms with Gasteiger partial charge in [-0.2, -0.15) is 5.10 Å². The van der Waals surface area contributed by atoms with E-state index in [0.29, 0.717) is 11.6 Å². The first-order valence-electron chi connectivity index (χ1n) is 8.74. The number of hydrogen-bond acceptors (Lipinski definition) is 5. The number of hydrogen-bond donors (Lipinski definition) is 1. The minimum absolute atomic E-state index is 0.158. The summed E-state index contributed by atoms with van der Waals surface area (Å²) in [6.45, 7) is 2.20. The van der Waals surface area contributed by atoms with Crippen LogP contribution in [0, 0.1) is 12.7 Å². The average Bonchev–Trinajstić information content (AvgIpc) is 3.11. The van der Waals surface area contributed by atoms with E-state index < -0.39 is 0 Å². The van der Waals surface area contributed by atoms with Crippen molar-refractivity contribution >= 4 is 11.6 Å². The molecule has 0 bridgehead atoms. The van der Waals surface area contributed by atoms with Gasteiger partial charge >= 0.3 is 0 Å². The third kappa shape index (κ3) is 3.98. The van der Waals surface area contributed by atoms with Crippen molar-refractivity contribution in [3.8, 4) is 17.0 Å². The van der Waals surface area contributed by atoms with E-state index in [4.69, 9.17) is 4.74 Å². The van der Waals surface area contributed by atoms with E-state index in [-0.39, 0.29) is 12.5 Å². The summed E-state index contributed by atoms with van der Waals surface area (Å²) in [5, 5.41) is 7.92. The van der Waals surface area contributed by atoms with E-state index in [1.165, 1.54) is 18.5 Å². The number of nitrogens with zero attached hydrogens (tertiary/aromatic N) is 4. The number of ether oxygens (including phenoxy) is 1. The van der Waals surface area contributed by atoms with Crippen molar-refractivity contribution in [1.29, 1.82) is 0 Å². The molecule has 0 aliphatic carbocycles. The maximum atomic E-state index is 13.1. The van der Waals surface area contributed by atoms with Crippen molar-refractivity contribution < 1.29 is 9.13 Å². The van der Waals surface area contributed by atoms with Gasteiger partial charge in [0.2, 0.25) is 0 Å². The molecule has 6 nitrogen and oxygen atoms in total. The summed E-state index contributed by atoms with van der Waals surface area (Å²) in [4.78, 5) is 8.12. The van der Waals surface area contributed by atoms with Crippen molar-refractivity contribution in [2.75, 3.05) is 5.32 Å². The van der Waals surface area contributed by atoms with Gasteiger partial charge in [-0.25, -0.2) is 19.0 Å². The summed E-state index contributed by atoms with van der Waals surface area (Å²) >= 11 is 0. The van der Waals surface area contributed by atoms with Crippen molar-refractivity contribution in [3.63, 3.8) is 0 Å². The van der Waals surface area contributed by atoms with Gasteiger partial charge in [-0.1, -0.05) is 24.3 Å². The SMILES string of the molecule is Cc1ccccc1-c1cc(Nc2ccncn2)n(COc2ccc(F)cc2)n1. The van der Waals surface area contributed by atoms with Gasteiger partial charge in [-0.3, -0.25) is 0 Å². The lowest BCUT2D eigenvalue weighted by Crippen LogP contribution is -2.10. The van der Waals surface area contributed by atoms with Gasteiger partial charge in [0, 0.05) is 17.8 Å². The third-order valence-electron chi connectivity index (χ3n) is 4.21. The maximum Gasteiger partial charge on any atom is 0.183 e. The van der Waals surface area contributed by atoms with Crippen LogP contribution in [0.5, 0.6) is 5.75 Å². The van der Waals surface area contributed by atoms with E-state index >= 15 is 0 Å². The fraction of sp³-hybridized carbons (Fsp3) is 0.0952. The third-order valence-corrected chi connectivity index (χ3v) is 4.21. The molecular weight excluding hydrogens is 357 g/mol. The number of halogens is 1. The Bertz CT molecular complexity index is 1060. The number of aryl methyl sites for hydroxylation is 1. The first-order chi connectivity index (χ1) is 13.7. The maximum absolute atomic E-state index is 13.1. The van der Waals surface area contributed by atoms with Crippen LogP contribution in [0.3, 0.4) is 0 Å². The number of aromatic nitrogens is 4. The number of anilines is 2. The van der Waals surface area contributed by atoms with Crippen LogP contribution in [-0.4, -0.2) is 19.7 Å². The standard InChI is InChI=1S/C21H18FN5O/c1-15-4-2-3-5-18(15)19-12-21(25-20-10-11-23-13-24-20)27(26-19)14-28-17-8-6-16(22)7-9-17/h2-13H,14H2,1H3,(H,23,24,25). The summed E-state index contributed by atoms with van der Waals surface area (Å²) < 4.78 is 20.6. The lowest BCUT2D eigenvalue weighted by molar-refractivity contribution is 0.223. The summed E-state index contributed by atoms with van der Waals surface area (Å²) in [6.07, 6.45) is 3.13. The number of nitrogens with one attached hydrogen (secondary N) is 1. The molecule has 28 heavy (non-hydrogen) atoms. The van der Waals surface area contributed by atoms with Crippen LogP contribution in [0.25, 0.3) is 11.3 Å². The second-order valence-electron chi connectivity index (χ2n) is 6.18. The van der Waals surface area contributed by atoms with Crippen LogP contribution in [0.4, 0.5) is 16.0 Å². The predicted octanol–water partition coefficient (Wildman–Crippen LogP) is 4.57. The van der Waals surface area contributed by atoms with Crippen LogP contribution in [-0.2, 0) is 6.73 Å². The summed E-state index contributed by atoms with van der Waals surface area (Å²) in [6, 6.07) is 17.6. The molecule has 2 aromatic heterocycles. The minimum Gasteiger partial charge on any atom is -0.471 e. The molecule has 0 saturated heterocycles. The highest BCUT2D eigenvalue weighted by Crippen LogP contribution is 2.26. The highest BCUT2D eigenvalue weighted by Gasteiger charge is 2.12. The van der Waals surface area contributed by atoms with Crippen molar-refractivity contribution in [2.24, 2.45) is 0 Å². The van der Waals surface area contributed by atoms with E-state index in [1.54, 1.807) is 29.1 Å². The summed E-state index contributed by atoms with van der Waals surface area (Å²) in [5.41, 5.74) is 2.98. The molecule has 1 N–H and O–H groups in total. The van der Waals surface area contributed by atoms with Crippen LogP contribution in [0.1, 0.15) is 5.56 Å². The molecule has 0 radical (unpaired) electrons. The van der Waals surface area contributed by atoms with Gasteiger partial charge in [-0.15, -0.1) is 0 Å². The molecule has 0 fully saturated rings. The predicted molar refractivity (Wildman–Crippen MR) is 105 cm³/mol. The van der Waals surface area contributed by atoms with Gasteiger partial charge in [0.15, 0.2) is 6.73 Å². The molecule has 4 rings (SSSR count). The Morgan fingerprint density at radius 2 is 1.89 bits per heavy atom. The Balaban J connectivity index is 1.64. The molecule has 4 aromatic rings. The van der Waals surface area contributed by atoms with Gasteiger partial charge in [0.1, 0.15) is 29.5 Å². The largest absolute Gasteiger partial charge is 0.471 e. The molecule has 0 atom stereocenters. The molecule has 7 heteroatoms. The molecule has 2 aromatic carbocycles. The van der Waals surface area contributed by atoms with Crippen LogP contribution >= 0.6 is 0 Å². The molecule has 0 aliphatic heterocycles. The number of rotatable bonds is 6. The van der Waals surface area contributed by atoms with Crippen molar-refractivity contribution in [1.82, 2.24) is 19.7 Å². The highest BCUT2D eigenvalue weighted by molar-refractivity contribution is 5.68. The fourth-order valence-corrected chi connectivity index (χ4v) is 2.77. The minimum atomic E-state index is -0.306. The zero-order valence-electron chi connectivity index (χ0n) is 15.2. The topological polar surface area (TPSA) is 64.9 Å². The second-order valence-corrected chi connectivity index (χ2v) is 6.18. The Labute approximate surface area is 161 Å². The molecule has 0 aliphatic rings. The number of benzene rings is 2. The summed E-state index contributed by atoms with van der Waals surface area (Å²) in [7, 11) is 0. The average molecular weight is 375 g/mol.